The Labute approximate surface area is 118 Å². The highest BCUT2D eigenvalue weighted by molar-refractivity contribution is 5.97. The van der Waals surface area contributed by atoms with Crippen LogP contribution < -0.4 is 5.32 Å². The fourth-order valence-electron chi connectivity index (χ4n) is 1.81. The molecule has 0 unspecified atom stereocenters. The van der Waals surface area contributed by atoms with Crippen LogP contribution in [0.5, 0.6) is 0 Å². The summed E-state index contributed by atoms with van der Waals surface area (Å²) in [5.74, 6) is -0.0786. The van der Waals surface area contributed by atoms with Crippen molar-refractivity contribution >= 4 is 12.0 Å². The smallest absolute Gasteiger partial charge is 0.247 e. The zero-order valence-electron chi connectivity index (χ0n) is 11.9. The van der Waals surface area contributed by atoms with Gasteiger partial charge in [0.1, 0.15) is 0 Å². The Kier molecular flexibility index (Phi) is 4.30. The predicted molar refractivity (Wildman–Crippen MR) is 77.7 cm³/mol. The average molecular weight is 270 g/mol. The monoisotopic (exact) mass is 270 g/mol. The zero-order chi connectivity index (χ0) is 14.5. The van der Waals surface area contributed by atoms with Crippen LogP contribution in [0.2, 0.25) is 0 Å². The minimum atomic E-state index is -0.0786. The van der Waals surface area contributed by atoms with E-state index in [-0.39, 0.29) is 5.91 Å². The minimum Gasteiger partial charge on any atom is -0.348 e. The van der Waals surface area contributed by atoms with Crippen molar-refractivity contribution in [3.05, 3.63) is 53.1 Å². The fraction of sp³-hybridized carbons (Fsp3) is 0.267. The summed E-state index contributed by atoms with van der Waals surface area (Å²) in [6.45, 7) is 4.26. The van der Waals surface area contributed by atoms with Crippen LogP contribution in [0, 0.1) is 6.92 Å². The van der Waals surface area contributed by atoms with Crippen molar-refractivity contribution in [2.75, 3.05) is 0 Å². The Morgan fingerprint density at radius 2 is 2.10 bits per heavy atom. The Morgan fingerprint density at radius 1 is 1.40 bits per heavy atom. The second-order valence-electron chi connectivity index (χ2n) is 4.67. The SMILES string of the molecule is CC(=Cc1ccncc1)C(=O)NCc1cnn(C)c1C. The molecule has 2 aromatic heterocycles. The number of aryl methyl sites for hydroxylation is 1. The number of carbonyl (C=O) groups is 1. The van der Waals surface area contributed by atoms with Gasteiger partial charge in [0, 0.05) is 42.8 Å². The van der Waals surface area contributed by atoms with Gasteiger partial charge in [-0.2, -0.15) is 5.10 Å². The number of nitrogens with zero attached hydrogens (tertiary/aromatic N) is 3. The van der Waals surface area contributed by atoms with E-state index in [1.165, 1.54) is 0 Å². The molecule has 5 nitrogen and oxygen atoms in total. The summed E-state index contributed by atoms with van der Waals surface area (Å²) >= 11 is 0. The number of hydrogen-bond acceptors (Lipinski definition) is 3. The van der Waals surface area contributed by atoms with Gasteiger partial charge in [-0.3, -0.25) is 14.5 Å². The van der Waals surface area contributed by atoms with Gasteiger partial charge in [0.15, 0.2) is 0 Å². The van der Waals surface area contributed by atoms with Gasteiger partial charge in [-0.1, -0.05) is 0 Å². The molecular weight excluding hydrogens is 252 g/mol. The summed E-state index contributed by atoms with van der Waals surface area (Å²) in [6.07, 6.45) is 7.02. The van der Waals surface area contributed by atoms with Gasteiger partial charge in [-0.15, -0.1) is 0 Å². The number of carbonyl (C=O) groups excluding carboxylic acids is 1. The molecule has 0 aliphatic carbocycles. The van der Waals surface area contributed by atoms with E-state index in [2.05, 4.69) is 15.4 Å². The van der Waals surface area contributed by atoms with Gasteiger partial charge in [0.25, 0.3) is 0 Å². The molecule has 2 rings (SSSR count). The van der Waals surface area contributed by atoms with Crippen LogP contribution in [0.25, 0.3) is 6.08 Å². The Bertz CT molecular complexity index is 629. The molecule has 0 spiro atoms. The van der Waals surface area contributed by atoms with Crippen molar-refractivity contribution in [3.8, 4) is 0 Å². The predicted octanol–water partition coefficient (Wildman–Crippen LogP) is 1.84. The third-order valence-electron chi connectivity index (χ3n) is 3.22. The molecule has 0 bridgehead atoms. The molecule has 2 aromatic rings. The number of pyridine rings is 1. The maximum atomic E-state index is 12.0. The quantitative estimate of drug-likeness (QED) is 0.862. The van der Waals surface area contributed by atoms with Gasteiger partial charge < -0.3 is 5.32 Å². The maximum Gasteiger partial charge on any atom is 0.247 e. The van der Waals surface area contributed by atoms with Crippen molar-refractivity contribution in [1.82, 2.24) is 20.1 Å². The Hall–Kier alpha value is -2.43. The molecular formula is C15H18N4O. The third kappa shape index (κ3) is 3.32. The van der Waals surface area contributed by atoms with Gasteiger partial charge in [-0.25, -0.2) is 0 Å². The van der Waals surface area contributed by atoms with Crippen LogP contribution in [0.4, 0.5) is 0 Å². The maximum absolute atomic E-state index is 12.0. The molecule has 0 saturated carbocycles. The number of hydrogen-bond donors (Lipinski definition) is 1. The van der Waals surface area contributed by atoms with Gasteiger partial charge in [0.2, 0.25) is 5.91 Å². The van der Waals surface area contributed by atoms with Crippen LogP contribution in [0.1, 0.15) is 23.7 Å². The van der Waals surface area contributed by atoms with E-state index in [1.54, 1.807) is 30.2 Å². The molecule has 0 atom stereocenters. The minimum absolute atomic E-state index is 0.0786. The van der Waals surface area contributed by atoms with E-state index in [0.717, 1.165) is 16.8 Å². The normalized spacial score (nSPS) is 11.4. The molecule has 0 saturated heterocycles. The average Bonchev–Trinajstić information content (AvgIpc) is 2.77. The molecule has 0 radical (unpaired) electrons. The van der Waals surface area contributed by atoms with E-state index in [0.29, 0.717) is 12.1 Å². The van der Waals surface area contributed by atoms with Crippen LogP contribution in [0.15, 0.2) is 36.3 Å². The van der Waals surface area contributed by atoms with E-state index >= 15 is 0 Å². The molecule has 5 heteroatoms. The summed E-state index contributed by atoms with van der Waals surface area (Å²) in [4.78, 5) is 16.0. The van der Waals surface area contributed by atoms with Crippen molar-refractivity contribution in [2.45, 2.75) is 20.4 Å². The van der Waals surface area contributed by atoms with Crippen LogP contribution >= 0.6 is 0 Å². The molecule has 1 amide bonds. The fourth-order valence-corrected chi connectivity index (χ4v) is 1.81. The highest BCUT2D eigenvalue weighted by atomic mass is 16.1. The molecule has 0 aliphatic rings. The number of nitrogens with one attached hydrogen (secondary N) is 1. The van der Waals surface area contributed by atoms with Crippen LogP contribution in [-0.4, -0.2) is 20.7 Å². The summed E-state index contributed by atoms with van der Waals surface area (Å²) < 4.78 is 1.79. The molecule has 2 heterocycles. The Balaban J connectivity index is 1.98. The lowest BCUT2D eigenvalue weighted by atomic mass is 10.1. The molecule has 0 aliphatic heterocycles. The zero-order valence-corrected chi connectivity index (χ0v) is 11.9. The first kappa shape index (κ1) is 14.0. The van der Waals surface area contributed by atoms with Crippen molar-refractivity contribution in [3.63, 3.8) is 0 Å². The van der Waals surface area contributed by atoms with Crippen molar-refractivity contribution < 1.29 is 4.79 Å². The molecule has 1 N–H and O–H groups in total. The lowest BCUT2D eigenvalue weighted by molar-refractivity contribution is -0.117. The topological polar surface area (TPSA) is 59.8 Å². The number of aromatic nitrogens is 3. The number of amides is 1. The second kappa shape index (κ2) is 6.14. The Morgan fingerprint density at radius 3 is 2.70 bits per heavy atom. The standard InChI is InChI=1S/C15H18N4O/c1-11(8-13-4-6-16-7-5-13)15(20)17-9-14-10-18-19(3)12(14)2/h4-8,10H,9H2,1-3H3,(H,17,20). The van der Waals surface area contributed by atoms with Crippen LogP contribution in [-0.2, 0) is 18.4 Å². The van der Waals surface area contributed by atoms with E-state index < -0.39 is 0 Å². The molecule has 0 fully saturated rings. The summed E-state index contributed by atoms with van der Waals surface area (Å²) in [5, 5.41) is 7.05. The first-order valence-corrected chi connectivity index (χ1v) is 6.42. The van der Waals surface area contributed by atoms with Crippen molar-refractivity contribution in [1.29, 1.82) is 0 Å². The van der Waals surface area contributed by atoms with Crippen molar-refractivity contribution in [2.24, 2.45) is 7.05 Å². The largest absolute Gasteiger partial charge is 0.348 e. The van der Waals surface area contributed by atoms with E-state index in [9.17, 15) is 4.79 Å². The van der Waals surface area contributed by atoms with Gasteiger partial charge in [0.05, 0.1) is 6.20 Å². The van der Waals surface area contributed by atoms with E-state index in [4.69, 9.17) is 0 Å². The lowest BCUT2D eigenvalue weighted by Gasteiger charge is -2.05. The molecule has 0 aromatic carbocycles. The highest BCUT2D eigenvalue weighted by Crippen LogP contribution is 2.07. The highest BCUT2D eigenvalue weighted by Gasteiger charge is 2.07. The third-order valence-corrected chi connectivity index (χ3v) is 3.22. The first-order chi connectivity index (χ1) is 9.58. The second-order valence-corrected chi connectivity index (χ2v) is 4.67. The molecule has 104 valence electrons. The van der Waals surface area contributed by atoms with Gasteiger partial charge >= 0.3 is 0 Å². The van der Waals surface area contributed by atoms with Crippen LogP contribution in [0.3, 0.4) is 0 Å². The summed E-state index contributed by atoms with van der Waals surface area (Å²) in [5.41, 5.74) is 3.71. The van der Waals surface area contributed by atoms with Gasteiger partial charge in [-0.05, 0) is 37.6 Å². The summed E-state index contributed by atoms with van der Waals surface area (Å²) in [7, 11) is 1.88. The molecule has 20 heavy (non-hydrogen) atoms. The first-order valence-electron chi connectivity index (χ1n) is 6.42. The number of rotatable bonds is 4. The van der Waals surface area contributed by atoms with E-state index in [1.807, 2.05) is 32.2 Å². The lowest BCUT2D eigenvalue weighted by Crippen LogP contribution is -2.23. The summed E-state index contributed by atoms with van der Waals surface area (Å²) in [6, 6.07) is 3.73.